The van der Waals surface area contributed by atoms with Gasteiger partial charge in [-0.05, 0) is 37.6 Å². The van der Waals surface area contributed by atoms with Gasteiger partial charge in [-0.25, -0.2) is 0 Å². The predicted octanol–water partition coefficient (Wildman–Crippen LogP) is 2.79. The molecule has 1 heterocycles. The molecule has 16 heavy (non-hydrogen) atoms. The van der Waals surface area contributed by atoms with Crippen LogP contribution in [0.25, 0.3) is 0 Å². The zero-order valence-corrected chi connectivity index (χ0v) is 10.9. The minimum atomic E-state index is -0.0879. The Hall–Kier alpha value is -0.580. The number of hydrogen-bond acceptors (Lipinski definition) is 2. The van der Waals surface area contributed by atoms with Crippen LogP contribution in [-0.4, -0.2) is 18.5 Å². The largest absolute Gasteiger partial charge is 0.323 e. The van der Waals surface area contributed by atoms with Crippen molar-refractivity contribution in [3.05, 3.63) is 27.7 Å². The molecule has 2 N–H and O–H groups in total. The first-order valence-corrected chi connectivity index (χ1v) is 6.33. The van der Waals surface area contributed by atoms with Gasteiger partial charge in [0.15, 0.2) is 0 Å². The Morgan fingerprint density at radius 1 is 1.56 bits per heavy atom. The molecular formula is C11H12BrClN2O. The fourth-order valence-electron chi connectivity index (χ4n) is 1.72. The standard InChI is InChI=1S/C11H12BrClN2O/c12-7-3-4-8(13)10(6-7)15-11(16)9-2-1-5-14-9/h3-4,6,9,14H,1-2,5H2,(H,15,16)/t9-/m1/s1. The molecule has 1 aromatic carbocycles. The minimum Gasteiger partial charge on any atom is -0.323 e. The van der Waals surface area contributed by atoms with Crippen molar-refractivity contribution in [2.75, 3.05) is 11.9 Å². The Morgan fingerprint density at radius 3 is 3.06 bits per heavy atom. The molecule has 1 aliphatic heterocycles. The highest BCUT2D eigenvalue weighted by atomic mass is 79.9. The number of benzene rings is 1. The normalized spacial score (nSPS) is 19.8. The summed E-state index contributed by atoms with van der Waals surface area (Å²) >= 11 is 9.34. The maximum atomic E-state index is 11.8. The summed E-state index contributed by atoms with van der Waals surface area (Å²) in [5.74, 6) is -0.0162. The molecule has 0 aromatic heterocycles. The number of halogens is 2. The van der Waals surface area contributed by atoms with Crippen LogP contribution in [0.2, 0.25) is 5.02 Å². The number of nitrogens with one attached hydrogen (secondary N) is 2. The highest BCUT2D eigenvalue weighted by Crippen LogP contribution is 2.26. The van der Waals surface area contributed by atoms with Crippen molar-refractivity contribution in [3.8, 4) is 0 Å². The lowest BCUT2D eigenvalue weighted by Crippen LogP contribution is -2.35. The maximum absolute atomic E-state index is 11.8. The zero-order valence-electron chi connectivity index (χ0n) is 8.59. The first-order valence-electron chi connectivity index (χ1n) is 5.16. The molecule has 0 radical (unpaired) electrons. The van der Waals surface area contributed by atoms with E-state index in [1.807, 2.05) is 6.07 Å². The Kier molecular flexibility index (Phi) is 3.84. The van der Waals surface area contributed by atoms with Gasteiger partial charge in [0, 0.05) is 4.47 Å². The molecule has 0 unspecified atom stereocenters. The Bertz CT molecular complexity index is 405. The third-order valence-corrected chi connectivity index (χ3v) is 3.39. The van der Waals surface area contributed by atoms with Crippen LogP contribution in [0.3, 0.4) is 0 Å². The summed E-state index contributed by atoms with van der Waals surface area (Å²) in [6.45, 7) is 0.907. The van der Waals surface area contributed by atoms with Crippen molar-refractivity contribution in [2.24, 2.45) is 0 Å². The van der Waals surface area contributed by atoms with Gasteiger partial charge in [-0.3, -0.25) is 4.79 Å². The highest BCUT2D eigenvalue weighted by molar-refractivity contribution is 9.10. The van der Waals surface area contributed by atoms with Gasteiger partial charge in [0.1, 0.15) is 0 Å². The summed E-state index contributed by atoms with van der Waals surface area (Å²) in [5.41, 5.74) is 0.648. The van der Waals surface area contributed by atoms with Gasteiger partial charge in [0.05, 0.1) is 16.8 Å². The molecule has 1 saturated heterocycles. The lowest BCUT2D eigenvalue weighted by molar-refractivity contribution is -0.117. The van der Waals surface area contributed by atoms with Gasteiger partial charge in [0.25, 0.3) is 0 Å². The summed E-state index contributed by atoms with van der Waals surface area (Å²) in [5, 5.41) is 6.52. The second-order valence-corrected chi connectivity index (χ2v) is 5.09. The number of anilines is 1. The molecule has 0 saturated carbocycles. The molecule has 1 aliphatic rings. The predicted molar refractivity (Wildman–Crippen MR) is 68.8 cm³/mol. The number of hydrogen-bond donors (Lipinski definition) is 2. The van der Waals surface area contributed by atoms with E-state index in [0.717, 1.165) is 23.9 Å². The summed E-state index contributed by atoms with van der Waals surface area (Å²) < 4.78 is 0.895. The van der Waals surface area contributed by atoms with Crippen LogP contribution in [0, 0.1) is 0 Å². The number of carbonyl (C=O) groups is 1. The van der Waals surface area contributed by atoms with Gasteiger partial charge in [-0.1, -0.05) is 27.5 Å². The molecule has 1 fully saturated rings. The van der Waals surface area contributed by atoms with Crippen molar-refractivity contribution in [1.29, 1.82) is 0 Å². The summed E-state index contributed by atoms with van der Waals surface area (Å²) in [6, 6.07) is 5.31. The Labute approximate surface area is 108 Å². The van der Waals surface area contributed by atoms with Crippen LogP contribution >= 0.6 is 27.5 Å². The van der Waals surface area contributed by atoms with Crippen molar-refractivity contribution in [3.63, 3.8) is 0 Å². The number of carbonyl (C=O) groups excluding carboxylic acids is 1. The SMILES string of the molecule is O=C(Nc1cc(Br)ccc1Cl)[C@H]1CCCN1. The zero-order chi connectivity index (χ0) is 11.5. The Balaban J connectivity index is 2.07. The molecule has 1 aromatic rings. The van der Waals surface area contributed by atoms with Gasteiger partial charge in [-0.15, -0.1) is 0 Å². The smallest absolute Gasteiger partial charge is 0.241 e. The van der Waals surface area contributed by atoms with Gasteiger partial charge < -0.3 is 10.6 Å². The fourth-order valence-corrected chi connectivity index (χ4v) is 2.25. The molecule has 1 amide bonds. The van der Waals surface area contributed by atoms with Crippen LogP contribution in [0.4, 0.5) is 5.69 Å². The van der Waals surface area contributed by atoms with E-state index in [4.69, 9.17) is 11.6 Å². The molecule has 86 valence electrons. The summed E-state index contributed by atoms with van der Waals surface area (Å²) in [6.07, 6.45) is 1.93. The minimum absolute atomic E-state index is 0.0162. The average molecular weight is 304 g/mol. The van der Waals surface area contributed by atoms with E-state index in [0.29, 0.717) is 10.7 Å². The van der Waals surface area contributed by atoms with Crippen LogP contribution in [0.1, 0.15) is 12.8 Å². The lowest BCUT2D eigenvalue weighted by Gasteiger charge is -2.12. The Morgan fingerprint density at radius 2 is 2.38 bits per heavy atom. The van der Waals surface area contributed by atoms with Gasteiger partial charge in [0.2, 0.25) is 5.91 Å². The maximum Gasteiger partial charge on any atom is 0.241 e. The molecule has 0 aliphatic carbocycles. The lowest BCUT2D eigenvalue weighted by atomic mass is 10.2. The topological polar surface area (TPSA) is 41.1 Å². The second-order valence-electron chi connectivity index (χ2n) is 3.76. The van der Waals surface area contributed by atoms with Crippen LogP contribution < -0.4 is 10.6 Å². The van der Waals surface area contributed by atoms with E-state index in [2.05, 4.69) is 26.6 Å². The molecule has 2 rings (SSSR count). The van der Waals surface area contributed by atoms with E-state index in [-0.39, 0.29) is 11.9 Å². The van der Waals surface area contributed by atoms with Crippen LogP contribution in [0.5, 0.6) is 0 Å². The molecular weight excluding hydrogens is 291 g/mol. The fraction of sp³-hybridized carbons (Fsp3) is 0.364. The highest BCUT2D eigenvalue weighted by Gasteiger charge is 2.22. The van der Waals surface area contributed by atoms with E-state index in [9.17, 15) is 4.79 Å². The van der Waals surface area contributed by atoms with Crippen LogP contribution in [0.15, 0.2) is 22.7 Å². The van der Waals surface area contributed by atoms with Crippen molar-refractivity contribution in [1.82, 2.24) is 5.32 Å². The molecule has 1 atom stereocenters. The third kappa shape index (κ3) is 2.75. The summed E-state index contributed by atoms with van der Waals surface area (Å²) in [4.78, 5) is 11.8. The van der Waals surface area contributed by atoms with Gasteiger partial charge in [-0.2, -0.15) is 0 Å². The quantitative estimate of drug-likeness (QED) is 0.882. The molecule has 5 heteroatoms. The van der Waals surface area contributed by atoms with Crippen molar-refractivity contribution in [2.45, 2.75) is 18.9 Å². The molecule has 3 nitrogen and oxygen atoms in total. The summed E-state index contributed by atoms with van der Waals surface area (Å²) in [7, 11) is 0. The molecule has 0 spiro atoms. The van der Waals surface area contributed by atoms with E-state index in [1.54, 1.807) is 12.1 Å². The van der Waals surface area contributed by atoms with Crippen molar-refractivity contribution < 1.29 is 4.79 Å². The first-order chi connectivity index (χ1) is 7.66. The van der Waals surface area contributed by atoms with Crippen molar-refractivity contribution >= 4 is 39.1 Å². The number of rotatable bonds is 2. The monoisotopic (exact) mass is 302 g/mol. The second kappa shape index (κ2) is 5.17. The van der Waals surface area contributed by atoms with Gasteiger partial charge >= 0.3 is 0 Å². The first kappa shape index (κ1) is 11.9. The third-order valence-electron chi connectivity index (χ3n) is 2.56. The average Bonchev–Trinajstić information content (AvgIpc) is 2.76. The van der Waals surface area contributed by atoms with Crippen LogP contribution in [-0.2, 0) is 4.79 Å². The molecule has 0 bridgehead atoms. The number of amides is 1. The van der Waals surface area contributed by atoms with E-state index in [1.165, 1.54) is 0 Å². The van der Waals surface area contributed by atoms with E-state index >= 15 is 0 Å². The van der Waals surface area contributed by atoms with E-state index < -0.39 is 0 Å².